The normalized spacial score (nSPS) is 17.0. The zero-order valence-corrected chi connectivity index (χ0v) is 19.8. The van der Waals surface area contributed by atoms with Crippen molar-refractivity contribution in [3.8, 4) is 6.07 Å². The van der Waals surface area contributed by atoms with Gasteiger partial charge in [-0.2, -0.15) is 5.26 Å². The van der Waals surface area contributed by atoms with Crippen LogP contribution in [0.3, 0.4) is 0 Å². The number of aryl methyl sites for hydroxylation is 1. The second kappa shape index (κ2) is 9.91. The van der Waals surface area contributed by atoms with E-state index in [4.69, 9.17) is 0 Å². The Balaban J connectivity index is 1.52. The molecule has 176 valence electrons. The monoisotopic (exact) mass is 459 g/mol. The van der Waals surface area contributed by atoms with Gasteiger partial charge in [0.25, 0.3) is 0 Å². The maximum atomic E-state index is 12.7. The summed E-state index contributed by atoms with van der Waals surface area (Å²) in [6.07, 6.45) is 3.58. The number of amides is 2. The summed E-state index contributed by atoms with van der Waals surface area (Å²) in [7, 11) is 0. The Bertz CT molecular complexity index is 1180. The number of piperidine rings is 1. The van der Waals surface area contributed by atoms with Gasteiger partial charge in [-0.3, -0.25) is 14.9 Å². The number of para-hydroxylation sites is 2. The fourth-order valence-corrected chi connectivity index (χ4v) is 4.52. The first kappa shape index (κ1) is 23.2. The molecule has 1 aromatic carbocycles. The second-order valence-corrected chi connectivity index (χ2v) is 8.65. The van der Waals surface area contributed by atoms with Crippen LogP contribution in [0.2, 0.25) is 0 Å². The third kappa shape index (κ3) is 4.71. The van der Waals surface area contributed by atoms with Gasteiger partial charge < -0.3 is 15.1 Å². The van der Waals surface area contributed by atoms with E-state index < -0.39 is 0 Å². The van der Waals surface area contributed by atoms with Crippen molar-refractivity contribution in [1.29, 1.82) is 5.26 Å². The smallest absolute Gasteiger partial charge is 0.229 e. The first-order valence-corrected chi connectivity index (χ1v) is 11.6. The standard InChI is InChI=1S/C25H29N7O2/c1-4-32-21-8-6-5-7-20(21)28-24(32)19(14-26)23-16(2)15-27-25(30-23)29-22(34)13-18-9-11-31(12-10-18)17(3)33/h5-8,15,18,28H,4,9-13H2,1-3H3,(H,27,29,30,34)/b24-19+. The Labute approximate surface area is 199 Å². The summed E-state index contributed by atoms with van der Waals surface area (Å²) in [6.45, 7) is 7.49. The summed E-state index contributed by atoms with van der Waals surface area (Å²) in [6, 6.07) is 10.2. The van der Waals surface area contributed by atoms with Crippen LogP contribution in [-0.4, -0.2) is 46.3 Å². The summed E-state index contributed by atoms with van der Waals surface area (Å²) in [4.78, 5) is 36.8. The molecule has 9 heteroatoms. The minimum atomic E-state index is -0.163. The molecule has 0 spiro atoms. The number of nitrogens with one attached hydrogen (secondary N) is 2. The molecule has 4 rings (SSSR count). The van der Waals surface area contributed by atoms with Gasteiger partial charge in [-0.25, -0.2) is 9.97 Å². The fourth-order valence-electron chi connectivity index (χ4n) is 4.52. The number of carbonyl (C=O) groups is 2. The molecule has 2 aromatic rings. The molecule has 2 amide bonds. The Morgan fingerprint density at radius 2 is 2.00 bits per heavy atom. The summed E-state index contributed by atoms with van der Waals surface area (Å²) >= 11 is 0. The molecule has 2 aliphatic heterocycles. The lowest BCUT2D eigenvalue weighted by molar-refractivity contribution is -0.130. The number of hydrogen-bond donors (Lipinski definition) is 2. The van der Waals surface area contributed by atoms with Gasteiger partial charge >= 0.3 is 0 Å². The number of fused-ring (bicyclic) bond motifs is 1. The van der Waals surface area contributed by atoms with E-state index in [2.05, 4.69) is 26.7 Å². The molecule has 2 aliphatic rings. The van der Waals surface area contributed by atoms with Gasteiger partial charge in [0, 0.05) is 39.2 Å². The van der Waals surface area contributed by atoms with E-state index in [-0.39, 0.29) is 23.7 Å². The van der Waals surface area contributed by atoms with Crippen molar-refractivity contribution in [1.82, 2.24) is 14.9 Å². The highest BCUT2D eigenvalue weighted by Crippen LogP contribution is 2.38. The van der Waals surface area contributed by atoms with Crippen LogP contribution in [0.1, 0.15) is 44.4 Å². The maximum absolute atomic E-state index is 12.7. The van der Waals surface area contributed by atoms with E-state index in [0.29, 0.717) is 43.1 Å². The van der Waals surface area contributed by atoms with Crippen molar-refractivity contribution in [3.63, 3.8) is 0 Å². The van der Waals surface area contributed by atoms with Crippen LogP contribution >= 0.6 is 0 Å². The van der Waals surface area contributed by atoms with Crippen molar-refractivity contribution in [3.05, 3.63) is 47.5 Å². The van der Waals surface area contributed by atoms with Gasteiger partial charge in [-0.15, -0.1) is 0 Å². The third-order valence-electron chi connectivity index (χ3n) is 6.38. The van der Waals surface area contributed by atoms with E-state index >= 15 is 0 Å². The van der Waals surface area contributed by atoms with Crippen LogP contribution in [0.4, 0.5) is 17.3 Å². The van der Waals surface area contributed by atoms with Gasteiger partial charge in [0.2, 0.25) is 17.8 Å². The zero-order valence-electron chi connectivity index (χ0n) is 19.8. The predicted molar refractivity (Wildman–Crippen MR) is 131 cm³/mol. The Kier molecular flexibility index (Phi) is 6.77. The quantitative estimate of drug-likeness (QED) is 0.658. The number of rotatable bonds is 5. The number of carbonyl (C=O) groups excluding carboxylic acids is 2. The van der Waals surface area contributed by atoms with Crippen LogP contribution in [-0.2, 0) is 9.59 Å². The summed E-state index contributed by atoms with van der Waals surface area (Å²) < 4.78 is 0. The van der Waals surface area contributed by atoms with Crippen LogP contribution < -0.4 is 15.5 Å². The molecule has 0 bridgehead atoms. The summed E-state index contributed by atoms with van der Waals surface area (Å²) in [5.74, 6) is 0.981. The number of aromatic nitrogens is 2. The summed E-state index contributed by atoms with van der Waals surface area (Å²) in [5.41, 5.74) is 3.56. The molecule has 0 atom stereocenters. The molecule has 34 heavy (non-hydrogen) atoms. The predicted octanol–water partition coefficient (Wildman–Crippen LogP) is 3.52. The number of benzene rings is 1. The Morgan fingerprint density at radius 3 is 2.68 bits per heavy atom. The highest BCUT2D eigenvalue weighted by Gasteiger charge is 2.28. The number of nitrogens with zero attached hydrogens (tertiary/aromatic N) is 5. The number of nitriles is 1. The van der Waals surface area contributed by atoms with Crippen molar-refractivity contribution in [2.45, 2.75) is 40.0 Å². The molecule has 2 N–H and O–H groups in total. The highest BCUT2D eigenvalue weighted by molar-refractivity contribution is 5.92. The molecule has 1 saturated heterocycles. The SMILES string of the molecule is CCN1/C(=C(\C#N)c2nc(NC(=O)CC3CCN(C(C)=O)CC3)ncc2C)Nc2ccccc21. The molecule has 0 unspecified atom stereocenters. The third-order valence-corrected chi connectivity index (χ3v) is 6.38. The maximum Gasteiger partial charge on any atom is 0.229 e. The Morgan fingerprint density at radius 1 is 1.26 bits per heavy atom. The number of anilines is 3. The van der Waals surface area contributed by atoms with Crippen LogP contribution in [0.15, 0.2) is 36.3 Å². The van der Waals surface area contributed by atoms with E-state index in [1.54, 1.807) is 13.1 Å². The number of likely N-dealkylation sites (tertiary alicyclic amines) is 1. The highest BCUT2D eigenvalue weighted by atomic mass is 16.2. The molecule has 0 saturated carbocycles. The van der Waals surface area contributed by atoms with Gasteiger partial charge in [-0.05, 0) is 50.3 Å². The van der Waals surface area contributed by atoms with Gasteiger partial charge in [0.15, 0.2) is 0 Å². The van der Waals surface area contributed by atoms with E-state index in [0.717, 1.165) is 29.8 Å². The molecule has 9 nitrogen and oxygen atoms in total. The molecule has 3 heterocycles. The number of hydrogen-bond acceptors (Lipinski definition) is 7. The molecular formula is C25H29N7O2. The van der Waals surface area contributed by atoms with Crippen molar-refractivity contribution >= 4 is 34.7 Å². The lowest BCUT2D eigenvalue weighted by atomic mass is 9.93. The van der Waals surface area contributed by atoms with E-state index in [9.17, 15) is 14.9 Å². The molecule has 1 aromatic heterocycles. The van der Waals surface area contributed by atoms with Crippen molar-refractivity contribution in [2.75, 3.05) is 35.2 Å². The first-order chi connectivity index (χ1) is 16.4. The topological polar surface area (TPSA) is 114 Å². The zero-order chi connectivity index (χ0) is 24.2. The van der Waals surface area contributed by atoms with E-state index in [1.165, 1.54) is 0 Å². The fraction of sp³-hybridized carbons (Fsp3) is 0.400. The average molecular weight is 460 g/mol. The molecule has 0 radical (unpaired) electrons. The lowest BCUT2D eigenvalue weighted by Gasteiger charge is -2.30. The van der Waals surface area contributed by atoms with Crippen molar-refractivity contribution in [2.24, 2.45) is 5.92 Å². The molecule has 1 fully saturated rings. The molecule has 0 aliphatic carbocycles. The second-order valence-electron chi connectivity index (χ2n) is 8.65. The van der Waals surface area contributed by atoms with Crippen LogP contribution in [0.5, 0.6) is 0 Å². The first-order valence-electron chi connectivity index (χ1n) is 11.6. The molecular weight excluding hydrogens is 430 g/mol. The Hall–Kier alpha value is -3.93. The average Bonchev–Trinajstić information content (AvgIpc) is 3.20. The largest absolute Gasteiger partial charge is 0.343 e. The van der Waals surface area contributed by atoms with Crippen molar-refractivity contribution < 1.29 is 9.59 Å². The summed E-state index contributed by atoms with van der Waals surface area (Å²) in [5, 5.41) is 16.2. The van der Waals surface area contributed by atoms with E-state index in [1.807, 2.05) is 47.9 Å². The number of allylic oxidation sites excluding steroid dienone is 1. The minimum absolute atomic E-state index is 0.0763. The minimum Gasteiger partial charge on any atom is -0.343 e. The van der Waals surface area contributed by atoms with Gasteiger partial charge in [0.1, 0.15) is 17.5 Å². The lowest BCUT2D eigenvalue weighted by Crippen LogP contribution is -2.37. The van der Waals surface area contributed by atoms with Crippen LogP contribution in [0.25, 0.3) is 5.57 Å². The van der Waals surface area contributed by atoms with Crippen LogP contribution in [0, 0.1) is 24.2 Å². The van der Waals surface area contributed by atoms with Gasteiger partial charge in [-0.1, -0.05) is 12.1 Å². The van der Waals surface area contributed by atoms with Gasteiger partial charge in [0.05, 0.1) is 17.1 Å².